The molecule has 3 nitrogen and oxygen atoms in total. The number of aliphatic hydroxyl groups excluding tert-OH is 1. The fourth-order valence-corrected chi connectivity index (χ4v) is 2.12. The van der Waals surface area contributed by atoms with E-state index in [1.54, 1.807) is 6.26 Å². The Hall–Kier alpha value is -0.830. The van der Waals surface area contributed by atoms with Crippen LogP contribution in [0.15, 0.2) is 10.7 Å². The maximum atomic E-state index is 8.74. The molecule has 1 fully saturated rings. The summed E-state index contributed by atoms with van der Waals surface area (Å²) in [7, 11) is 0. The summed E-state index contributed by atoms with van der Waals surface area (Å²) in [6, 6.07) is 0. The van der Waals surface area contributed by atoms with Gasteiger partial charge in [0.1, 0.15) is 6.26 Å². The fourth-order valence-electron chi connectivity index (χ4n) is 2.12. The Labute approximate surface area is 84.2 Å². The zero-order chi connectivity index (χ0) is 9.80. The molecule has 2 rings (SSSR count). The molecule has 1 heterocycles. The second kappa shape index (κ2) is 4.60. The molecule has 1 aliphatic carbocycles. The van der Waals surface area contributed by atoms with Gasteiger partial charge in [0, 0.05) is 12.3 Å². The van der Waals surface area contributed by atoms with Gasteiger partial charge in [0.15, 0.2) is 5.89 Å². The van der Waals surface area contributed by atoms with E-state index in [0.29, 0.717) is 18.2 Å². The minimum Gasteiger partial charge on any atom is -0.449 e. The van der Waals surface area contributed by atoms with E-state index in [2.05, 4.69) is 4.98 Å². The summed E-state index contributed by atoms with van der Waals surface area (Å²) < 4.78 is 5.29. The van der Waals surface area contributed by atoms with Crippen molar-refractivity contribution in [2.75, 3.05) is 6.61 Å². The highest BCUT2D eigenvalue weighted by molar-refractivity contribution is 5.05. The normalized spacial score (nSPS) is 18.6. The van der Waals surface area contributed by atoms with Crippen LogP contribution in [0.2, 0.25) is 0 Å². The molecular weight excluding hydrogens is 178 g/mol. The van der Waals surface area contributed by atoms with Gasteiger partial charge in [-0.2, -0.15) is 0 Å². The largest absolute Gasteiger partial charge is 0.449 e. The first kappa shape index (κ1) is 9.71. The average Bonchev–Trinajstić information content (AvgIpc) is 2.68. The van der Waals surface area contributed by atoms with Gasteiger partial charge in [-0.3, -0.25) is 0 Å². The molecule has 1 aromatic heterocycles. The number of hydrogen-bond acceptors (Lipinski definition) is 3. The van der Waals surface area contributed by atoms with Crippen LogP contribution >= 0.6 is 0 Å². The van der Waals surface area contributed by atoms with E-state index >= 15 is 0 Å². The van der Waals surface area contributed by atoms with Crippen molar-refractivity contribution in [2.24, 2.45) is 0 Å². The van der Waals surface area contributed by atoms with Gasteiger partial charge in [-0.25, -0.2) is 4.98 Å². The third-order valence-corrected chi connectivity index (χ3v) is 2.92. The lowest BCUT2D eigenvalue weighted by atomic mass is 9.87. The molecule has 0 saturated heterocycles. The van der Waals surface area contributed by atoms with Crippen molar-refractivity contribution in [2.45, 2.75) is 44.4 Å². The van der Waals surface area contributed by atoms with Gasteiger partial charge >= 0.3 is 0 Å². The van der Waals surface area contributed by atoms with Crippen LogP contribution in [-0.4, -0.2) is 16.7 Å². The molecule has 78 valence electrons. The highest BCUT2D eigenvalue weighted by atomic mass is 16.3. The molecule has 1 aliphatic rings. The molecule has 1 N–H and O–H groups in total. The summed E-state index contributed by atoms with van der Waals surface area (Å²) in [5, 5.41) is 8.74. The smallest absolute Gasteiger partial charge is 0.196 e. The Morgan fingerprint density at radius 3 is 2.86 bits per heavy atom. The predicted molar refractivity (Wildman–Crippen MR) is 53.1 cm³/mol. The lowest BCUT2D eigenvalue weighted by molar-refractivity contribution is 0.285. The Kier molecular flexibility index (Phi) is 3.19. The SMILES string of the molecule is OCCc1nc(C2CCCCC2)co1. The first-order chi connectivity index (χ1) is 6.90. The van der Waals surface area contributed by atoms with Crippen LogP contribution in [0.5, 0.6) is 0 Å². The minimum absolute atomic E-state index is 0.116. The van der Waals surface area contributed by atoms with Crippen LogP contribution in [0.4, 0.5) is 0 Å². The van der Waals surface area contributed by atoms with Gasteiger partial charge in [-0.1, -0.05) is 19.3 Å². The van der Waals surface area contributed by atoms with E-state index in [1.807, 2.05) is 0 Å². The maximum Gasteiger partial charge on any atom is 0.196 e. The Morgan fingerprint density at radius 2 is 2.14 bits per heavy atom. The van der Waals surface area contributed by atoms with Gasteiger partial charge < -0.3 is 9.52 Å². The van der Waals surface area contributed by atoms with Crippen LogP contribution in [0.25, 0.3) is 0 Å². The Morgan fingerprint density at radius 1 is 1.36 bits per heavy atom. The number of nitrogens with zero attached hydrogens (tertiary/aromatic N) is 1. The quantitative estimate of drug-likeness (QED) is 0.804. The summed E-state index contributed by atoms with van der Waals surface area (Å²) in [6.45, 7) is 0.116. The number of aliphatic hydroxyl groups is 1. The number of hydrogen-bond donors (Lipinski definition) is 1. The standard InChI is InChI=1S/C11H17NO2/c13-7-6-11-12-10(8-14-11)9-4-2-1-3-5-9/h8-9,13H,1-7H2. The molecule has 0 spiro atoms. The zero-order valence-corrected chi connectivity index (χ0v) is 8.41. The molecule has 0 amide bonds. The summed E-state index contributed by atoms with van der Waals surface area (Å²) in [5.41, 5.74) is 1.09. The molecule has 0 radical (unpaired) electrons. The monoisotopic (exact) mass is 195 g/mol. The van der Waals surface area contributed by atoms with E-state index in [9.17, 15) is 0 Å². The molecule has 1 aromatic rings. The van der Waals surface area contributed by atoms with Crippen molar-refractivity contribution < 1.29 is 9.52 Å². The van der Waals surface area contributed by atoms with Gasteiger partial charge in [0.05, 0.1) is 12.3 Å². The zero-order valence-electron chi connectivity index (χ0n) is 8.41. The predicted octanol–water partition coefficient (Wildman–Crippen LogP) is 2.26. The fraction of sp³-hybridized carbons (Fsp3) is 0.727. The van der Waals surface area contributed by atoms with Crippen LogP contribution in [0.1, 0.15) is 49.6 Å². The third-order valence-electron chi connectivity index (χ3n) is 2.92. The van der Waals surface area contributed by atoms with Crippen molar-refractivity contribution in [1.82, 2.24) is 4.98 Å². The van der Waals surface area contributed by atoms with E-state index in [4.69, 9.17) is 9.52 Å². The topological polar surface area (TPSA) is 46.3 Å². The van der Waals surface area contributed by atoms with Crippen molar-refractivity contribution in [1.29, 1.82) is 0 Å². The van der Waals surface area contributed by atoms with Gasteiger partial charge in [0.25, 0.3) is 0 Å². The molecule has 0 unspecified atom stereocenters. The summed E-state index contributed by atoms with van der Waals surface area (Å²) in [5.74, 6) is 1.27. The second-order valence-electron chi connectivity index (χ2n) is 3.97. The van der Waals surface area contributed by atoms with E-state index in [0.717, 1.165) is 5.69 Å². The van der Waals surface area contributed by atoms with E-state index < -0.39 is 0 Å². The first-order valence-electron chi connectivity index (χ1n) is 5.45. The average molecular weight is 195 g/mol. The van der Waals surface area contributed by atoms with Crippen LogP contribution in [0, 0.1) is 0 Å². The molecule has 14 heavy (non-hydrogen) atoms. The van der Waals surface area contributed by atoms with Crippen molar-refractivity contribution >= 4 is 0 Å². The number of aromatic nitrogens is 1. The number of oxazole rings is 1. The Balaban J connectivity index is 2.00. The molecule has 0 atom stereocenters. The lowest BCUT2D eigenvalue weighted by Gasteiger charge is -2.18. The van der Waals surface area contributed by atoms with Crippen molar-refractivity contribution in [3.8, 4) is 0 Å². The highest BCUT2D eigenvalue weighted by Gasteiger charge is 2.18. The Bertz CT molecular complexity index is 277. The van der Waals surface area contributed by atoms with E-state index in [-0.39, 0.29) is 6.61 Å². The minimum atomic E-state index is 0.116. The lowest BCUT2D eigenvalue weighted by Crippen LogP contribution is -2.05. The van der Waals surface area contributed by atoms with Gasteiger partial charge in [0.2, 0.25) is 0 Å². The second-order valence-corrected chi connectivity index (χ2v) is 3.97. The molecule has 0 bridgehead atoms. The van der Waals surface area contributed by atoms with Crippen molar-refractivity contribution in [3.63, 3.8) is 0 Å². The van der Waals surface area contributed by atoms with Gasteiger partial charge in [-0.15, -0.1) is 0 Å². The molecule has 1 saturated carbocycles. The van der Waals surface area contributed by atoms with Crippen LogP contribution in [0.3, 0.4) is 0 Å². The van der Waals surface area contributed by atoms with Gasteiger partial charge in [-0.05, 0) is 12.8 Å². The number of rotatable bonds is 3. The van der Waals surface area contributed by atoms with Crippen molar-refractivity contribution in [3.05, 3.63) is 17.8 Å². The summed E-state index contributed by atoms with van der Waals surface area (Å²) in [4.78, 5) is 4.40. The summed E-state index contributed by atoms with van der Waals surface area (Å²) >= 11 is 0. The first-order valence-corrected chi connectivity index (χ1v) is 5.45. The molecule has 0 aliphatic heterocycles. The van der Waals surface area contributed by atoms with Crippen LogP contribution < -0.4 is 0 Å². The highest BCUT2D eigenvalue weighted by Crippen LogP contribution is 2.31. The maximum absolute atomic E-state index is 8.74. The molecule has 0 aromatic carbocycles. The molecular formula is C11H17NO2. The summed E-state index contributed by atoms with van der Waals surface area (Å²) in [6.07, 6.45) is 8.77. The van der Waals surface area contributed by atoms with Crippen LogP contribution in [-0.2, 0) is 6.42 Å². The third kappa shape index (κ3) is 2.15. The molecule has 3 heteroatoms. The van der Waals surface area contributed by atoms with E-state index in [1.165, 1.54) is 32.1 Å².